The summed E-state index contributed by atoms with van der Waals surface area (Å²) >= 11 is 0. The van der Waals surface area contributed by atoms with E-state index in [0.717, 1.165) is 43.1 Å². The fourth-order valence-electron chi connectivity index (χ4n) is 3.83. The molecule has 1 unspecified atom stereocenters. The number of amides is 2. The van der Waals surface area contributed by atoms with Crippen LogP contribution in [0.4, 0.5) is 18.0 Å². The fraction of sp³-hybridized carbons (Fsp3) is 0.375. The summed E-state index contributed by atoms with van der Waals surface area (Å²) < 4.78 is 45.8. The Morgan fingerprint density at radius 2 is 1.53 bits per heavy atom. The minimum absolute atomic E-state index is 0.101. The summed E-state index contributed by atoms with van der Waals surface area (Å²) in [5.41, 5.74) is 2.01. The van der Waals surface area contributed by atoms with Gasteiger partial charge in [0.1, 0.15) is 12.1 Å². The van der Waals surface area contributed by atoms with Crippen LogP contribution >= 0.6 is 0 Å². The zero-order valence-electron chi connectivity index (χ0n) is 18.8. The number of likely N-dealkylation sites (N-methyl/N-ethyl adjacent to an activating group) is 1. The number of carboxylic acids is 1. The molecule has 0 radical (unpaired) electrons. The fourth-order valence-corrected chi connectivity index (χ4v) is 3.83. The Kier molecular flexibility index (Phi) is 6.90. The summed E-state index contributed by atoms with van der Waals surface area (Å²) in [6.45, 7) is 1.04. The second kappa shape index (κ2) is 9.36. The first-order valence-electron chi connectivity index (χ1n) is 10.5. The number of benzene rings is 2. The number of ether oxygens (including phenoxy) is 1. The molecule has 7 nitrogen and oxygen atoms in total. The van der Waals surface area contributed by atoms with Crippen molar-refractivity contribution in [1.29, 1.82) is 0 Å². The van der Waals surface area contributed by atoms with Gasteiger partial charge in [-0.2, -0.15) is 13.2 Å². The summed E-state index contributed by atoms with van der Waals surface area (Å²) in [7, 11) is 0.975. The third-order valence-corrected chi connectivity index (χ3v) is 6.18. The summed E-state index contributed by atoms with van der Waals surface area (Å²) in [5, 5.41) is 11.2. The quantitative estimate of drug-likeness (QED) is 0.627. The highest BCUT2D eigenvalue weighted by Gasteiger charge is 2.49. The molecule has 0 saturated carbocycles. The van der Waals surface area contributed by atoms with E-state index in [1.165, 1.54) is 0 Å². The number of hydrogen-bond acceptors (Lipinski definition) is 4. The van der Waals surface area contributed by atoms with Crippen LogP contribution in [0.15, 0.2) is 48.5 Å². The average Bonchev–Trinajstić information content (AvgIpc) is 3.10. The SMILES string of the molecule is CN(C(=O)C(CNC(=O)OCC1c2ccccc2-c2ccccc21)C(F)(F)F)C(C)(C)C(=O)O. The highest BCUT2D eigenvalue weighted by atomic mass is 19.4. The van der Waals surface area contributed by atoms with E-state index in [0.29, 0.717) is 4.90 Å². The Balaban J connectivity index is 1.66. The minimum atomic E-state index is -5.00. The van der Waals surface area contributed by atoms with Gasteiger partial charge in [0.2, 0.25) is 5.91 Å². The summed E-state index contributed by atoms with van der Waals surface area (Å²) in [5.74, 6) is -5.84. The lowest BCUT2D eigenvalue weighted by molar-refractivity contribution is -0.192. The highest BCUT2D eigenvalue weighted by molar-refractivity contribution is 5.88. The predicted molar refractivity (Wildman–Crippen MR) is 117 cm³/mol. The lowest BCUT2D eigenvalue weighted by Crippen LogP contribution is -2.56. The number of hydrogen-bond donors (Lipinski definition) is 2. The molecule has 0 fully saturated rings. The van der Waals surface area contributed by atoms with Gasteiger partial charge in [0.05, 0.1) is 0 Å². The van der Waals surface area contributed by atoms with Crippen LogP contribution in [0.2, 0.25) is 0 Å². The molecule has 1 atom stereocenters. The van der Waals surface area contributed by atoms with E-state index in [-0.39, 0.29) is 12.5 Å². The third kappa shape index (κ3) is 4.85. The number of alkyl halides is 3. The van der Waals surface area contributed by atoms with Crippen LogP contribution in [0.5, 0.6) is 0 Å². The van der Waals surface area contributed by atoms with Gasteiger partial charge in [0.25, 0.3) is 0 Å². The Morgan fingerprint density at radius 1 is 1.03 bits per heavy atom. The largest absolute Gasteiger partial charge is 0.480 e. The molecule has 2 amide bonds. The van der Waals surface area contributed by atoms with Gasteiger partial charge < -0.3 is 20.1 Å². The maximum absolute atomic E-state index is 13.5. The van der Waals surface area contributed by atoms with Gasteiger partial charge in [-0.3, -0.25) is 4.79 Å². The number of carboxylic acid groups (broad SMARTS) is 1. The van der Waals surface area contributed by atoms with Crippen LogP contribution in [-0.2, 0) is 14.3 Å². The molecule has 1 aliphatic rings. The Morgan fingerprint density at radius 3 is 2.00 bits per heavy atom. The van der Waals surface area contributed by atoms with Gasteiger partial charge in [-0.25, -0.2) is 9.59 Å². The van der Waals surface area contributed by atoms with Crippen molar-refractivity contribution >= 4 is 18.0 Å². The molecule has 182 valence electrons. The predicted octanol–water partition coefficient (Wildman–Crippen LogP) is 4.03. The number of aliphatic carboxylic acids is 1. The molecule has 2 aromatic rings. The second-order valence-electron chi connectivity index (χ2n) is 8.56. The molecule has 0 heterocycles. The van der Waals surface area contributed by atoms with Crippen molar-refractivity contribution in [3.05, 3.63) is 59.7 Å². The van der Waals surface area contributed by atoms with E-state index < -0.39 is 42.1 Å². The van der Waals surface area contributed by atoms with E-state index in [2.05, 4.69) is 0 Å². The minimum Gasteiger partial charge on any atom is -0.480 e. The summed E-state index contributed by atoms with van der Waals surface area (Å²) in [6.07, 6.45) is -6.11. The van der Waals surface area contributed by atoms with Crippen LogP contribution in [0.3, 0.4) is 0 Å². The van der Waals surface area contributed by atoms with Crippen LogP contribution in [0.25, 0.3) is 11.1 Å². The molecule has 3 rings (SSSR count). The Bertz CT molecular complexity index is 1050. The lowest BCUT2D eigenvalue weighted by Gasteiger charge is -2.34. The Labute approximate surface area is 194 Å². The average molecular weight is 478 g/mol. The van der Waals surface area contributed by atoms with Crippen molar-refractivity contribution in [3.63, 3.8) is 0 Å². The van der Waals surface area contributed by atoms with Gasteiger partial charge in [-0.05, 0) is 36.1 Å². The standard InChI is InChI=1S/C24H25F3N2O5/c1-23(2,21(31)32)29(3)20(30)19(24(25,26)27)12-28-22(33)34-13-18-16-10-6-4-8-14(16)15-9-5-7-11-17(15)18/h4-11,18-19H,12-13H2,1-3H3,(H,28,33)(H,31,32). The first-order valence-corrected chi connectivity index (χ1v) is 10.5. The van der Waals surface area contributed by atoms with Crippen molar-refractivity contribution in [3.8, 4) is 11.1 Å². The van der Waals surface area contributed by atoms with Gasteiger partial charge in [-0.1, -0.05) is 48.5 Å². The first kappa shape index (κ1) is 25.1. The van der Waals surface area contributed by atoms with Crippen molar-refractivity contribution < 1.29 is 37.4 Å². The van der Waals surface area contributed by atoms with Crippen molar-refractivity contribution in [2.24, 2.45) is 5.92 Å². The molecule has 10 heteroatoms. The molecule has 2 N–H and O–H groups in total. The second-order valence-corrected chi connectivity index (χ2v) is 8.56. The van der Waals surface area contributed by atoms with Crippen LogP contribution in [-0.4, -0.2) is 59.9 Å². The molecule has 0 saturated heterocycles. The highest BCUT2D eigenvalue weighted by Crippen LogP contribution is 2.44. The summed E-state index contributed by atoms with van der Waals surface area (Å²) in [6, 6.07) is 15.2. The zero-order chi connectivity index (χ0) is 25.3. The van der Waals surface area contributed by atoms with Crippen molar-refractivity contribution in [2.45, 2.75) is 31.5 Å². The lowest BCUT2D eigenvalue weighted by atomic mass is 9.98. The number of carbonyl (C=O) groups is 3. The molecular weight excluding hydrogens is 453 g/mol. The molecule has 0 aliphatic heterocycles. The topological polar surface area (TPSA) is 95.9 Å². The first-order chi connectivity index (χ1) is 15.9. The number of fused-ring (bicyclic) bond motifs is 3. The monoisotopic (exact) mass is 478 g/mol. The molecule has 0 bridgehead atoms. The number of rotatable bonds is 7. The normalized spacial score (nSPS) is 14.1. The molecular formula is C24H25F3N2O5. The number of carbonyl (C=O) groups excluding carboxylic acids is 2. The van der Waals surface area contributed by atoms with Gasteiger partial charge in [0.15, 0.2) is 5.92 Å². The van der Waals surface area contributed by atoms with Gasteiger partial charge in [-0.15, -0.1) is 0 Å². The van der Waals surface area contributed by atoms with Crippen molar-refractivity contribution in [2.75, 3.05) is 20.2 Å². The van der Waals surface area contributed by atoms with E-state index >= 15 is 0 Å². The van der Waals surface area contributed by atoms with Crippen molar-refractivity contribution in [1.82, 2.24) is 10.2 Å². The van der Waals surface area contributed by atoms with Crippen LogP contribution < -0.4 is 5.32 Å². The van der Waals surface area contributed by atoms with E-state index in [1.54, 1.807) is 0 Å². The molecule has 0 spiro atoms. The number of nitrogens with zero attached hydrogens (tertiary/aromatic N) is 1. The van der Waals surface area contributed by atoms with E-state index in [1.807, 2.05) is 53.8 Å². The maximum atomic E-state index is 13.5. The third-order valence-electron chi connectivity index (χ3n) is 6.18. The van der Waals surface area contributed by atoms with Gasteiger partial charge >= 0.3 is 18.2 Å². The molecule has 1 aliphatic carbocycles. The smallest absolute Gasteiger partial charge is 0.407 e. The van der Waals surface area contributed by atoms with E-state index in [4.69, 9.17) is 4.74 Å². The number of nitrogens with one attached hydrogen (secondary N) is 1. The van der Waals surface area contributed by atoms with E-state index in [9.17, 15) is 32.7 Å². The number of halogens is 3. The maximum Gasteiger partial charge on any atom is 0.407 e. The zero-order valence-corrected chi connectivity index (χ0v) is 18.8. The van der Waals surface area contributed by atoms with Gasteiger partial charge in [0, 0.05) is 19.5 Å². The summed E-state index contributed by atoms with van der Waals surface area (Å²) in [4.78, 5) is 36.5. The van der Waals surface area contributed by atoms with Crippen LogP contribution in [0.1, 0.15) is 30.9 Å². The molecule has 34 heavy (non-hydrogen) atoms. The number of alkyl carbamates (subject to hydrolysis) is 1. The van der Waals surface area contributed by atoms with Crippen LogP contribution in [0, 0.1) is 5.92 Å². The molecule has 0 aromatic heterocycles. The molecule has 2 aromatic carbocycles. The Hall–Kier alpha value is -3.56.